The molecule has 16 heteroatoms. The van der Waals surface area contributed by atoms with Gasteiger partial charge < -0.3 is 25.2 Å². The standard InChI is InChI=1S/C39H29ClF5N5O4S/c40-25-15-22(41)16-27(43)33(25)48-37(52)29-14-21-7-11-50(28-17-26(42)31(44)32(45)30(28)34(21)55-29)38(53)20-3-5-23(6-4-20)47-36(51)24-2-1-10-46-35(24)49-18-39(19-49)8-12-54-13-9-39/h1-6,10,14-17H,7-9,11-13,18-19H2,(H,47,51)(H,48,52). The van der Waals surface area contributed by atoms with Crippen LogP contribution in [0.2, 0.25) is 5.02 Å². The van der Waals surface area contributed by atoms with Crippen molar-refractivity contribution in [2.75, 3.05) is 53.3 Å². The van der Waals surface area contributed by atoms with Crippen molar-refractivity contribution in [1.29, 1.82) is 0 Å². The Morgan fingerprint density at radius 1 is 0.873 bits per heavy atom. The fourth-order valence-electron chi connectivity index (χ4n) is 7.26. The molecule has 2 N–H and O–H groups in total. The number of fused-ring (bicyclic) bond motifs is 3. The Hall–Kier alpha value is -5.38. The molecule has 2 saturated heterocycles. The van der Waals surface area contributed by atoms with Crippen LogP contribution in [0, 0.1) is 34.5 Å². The molecule has 5 heterocycles. The highest BCUT2D eigenvalue weighted by molar-refractivity contribution is 7.17. The van der Waals surface area contributed by atoms with E-state index in [1.54, 1.807) is 18.3 Å². The van der Waals surface area contributed by atoms with Crippen molar-refractivity contribution in [2.45, 2.75) is 19.3 Å². The first-order chi connectivity index (χ1) is 26.4. The number of nitrogens with zero attached hydrogens (tertiary/aromatic N) is 3. The molecule has 3 aliphatic rings. The van der Waals surface area contributed by atoms with Gasteiger partial charge >= 0.3 is 0 Å². The predicted molar refractivity (Wildman–Crippen MR) is 198 cm³/mol. The lowest BCUT2D eigenvalue weighted by Gasteiger charge is -2.53. The van der Waals surface area contributed by atoms with Gasteiger partial charge in [-0.1, -0.05) is 11.6 Å². The quantitative estimate of drug-likeness (QED) is 0.132. The van der Waals surface area contributed by atoms with Gasteiger partial charge in [-0.25, -0.2) is 26.9 Å². The number of ether oxygens (including phenoxy) is 1. The van der Waals surface area contributed by atoms with E-state index in [2.05, 4.69) is 20.5 Å². The lowest BCUT2D eigenvalue weighted by Crippen LogP contribution is -2.59. The van der Waals surface area contributed by atoms with Gasteiger partial charge in [0.25, 0.3) is 17.7 Å². The highest BCUT2D eigenvalue weighted by Crippen LogP contribution is 2.45. The third-order valence-electron chi connectivity index (χ3n) is 10.1. The van der Waals surface area contributed by atoms with Gasteiger partial charge in [0.05, 0.1) is 32.4 Å². The van der Waals surface area contributed by atoms with Crippen LogP contribution in [0.5, 0.6) is 0 Å². The molecule has 2 fully saturated rings. The molecule has 8 rings (SSSR count). The van der Waals surface area contributed by atoms with Gasteiger partial charge in [-0.05, 0) is 73.4 Å². The van der Waals surface area contributed by atoms with Crippen molar-refractivity contribution in [3.8, 4) is 10.4 Å². The Morgan fingerprint density at radius 3 is 2.35 bits per heavy atom. The average Bonchev–Trinajstić information content (AvgIpc) is 3.52. The van der Waals surface area contributed by atoms with Gasteiger partial charge in [-0.2, -0.15) is 0 Å². The Kier molecular flexibility index (Phi) is 9.55. The SMILES string of the molecule is O=C(Nc1c(F)cc(F)cc1Cl)c1cc2c(s1)-c1c(cc(F)c(F)c1F)N(C(=O)c1ccc(NC(=O)c3cccnc3N3CC4(CCOCC4)C3)cc1)CC2. The summed E-state index contributed by atoms with van der Waals surface area (Å²) < 4.78 is 78.6. The monoisotopic (exact) mass is 793 g/mol. The zero-order chi connectivity index (χ0) is 38.6. The molecule has 0 aliphatic carbocycles. The van der Waals surface area contributed by atoms with E-state index in [-0.39, 0.29) is 39.4 Å². The summed E-state index contributed by atoms with van der Waals surface area (Å²) in [5, 5.41) is 4.73. The van der Waals surface area contributed by atoms with E-state index in [1.165, 1.54) is 30.3 Å². The highest BCUT2D eigenvalue weighted by atomic mass is 35.5. The van der Waals surface area contributed by atoms with Crippen LogP contribution in [0.4, 0.5) is 44.8 Å². The van der Waals surface area contributed by atoms with Crippen molar-refractivity contribution >= 4 is 63.5 Å². The number of aromatic nitrogens is 1. The van der Waals surface area contributed by atoms with Crippen molar-refractivity contribution < 1.29 is 41.1 Å². The van der Waals surface area contributed by atoms with Crippen LogP contribution in [-0.2, 0) is 11.2 Å². The van der Waals surface area contributed by atoms with Crippen LogP contribution in [0.3, 0.4) is 0 Å². The molecule has 0 unspecified atom stereocenters. The average molecular weight is 794 g/mol. The maximum absolute atomic E-state index is 15.7. The minimum absolute atomic E-state index is 0.0430. The molecule has 282 valence electrons. The topological polar surface area (TPSA) is 104 Å². The smallest absolute Gasteiger partial charge is 0.265 e. The predicted octanol–water partition coefficient (Wildman–Crippen LogP) is 8.48. The molecule has 55 heavy (non-hydrogen) atoms. The van der Waals surface area contributed by atoms with Gasteiger partial charge in [0.1, 0.15) is 11.6 Å². The molecule has 0 bridgehead atoms. The summed E-state index contributed by atoms with van der Waals surface area (Å²) in [6, 6.07) is 12.8. The molecular weight excluding hydrogens is 765 g/mol. The van der Waals surface area contributed by atoms with Crippen LogP contribution in [0.15, 0.2) is 66.9 Å². The van der Waals surface area contributed by atoms with Crippen molar-refractivity contribution in [3.63, 3.8) is 0 Å². The maximum atomic E-state index is 15.7. The van der Waals surface area contributed by atoms with Gasteiger partial charge in [0.2, 0.25) is 0 Å². The maximum Gasteiger partial charge on any atom is 0.265 e. The van der Waals surface area contributed by atoms with Crippen molar-refractivity contribution in [3.05, 3.63) is 123 Å². The highest BCUT2D eigenvalue weighted by Gasteiger charge is 2.45. The van der Waals surface area contributed by atoms with E-state index < -0.39 is 63.1 Å². The Balaban J connectivity index is 1.02. The van der Waals surface area contributed by atoms with Crippen LogP contribution < -0.4 is 20.4 Å². The number of amides is 3. The fourth-order valence-corrected chi connectivity index (χ4v) is 8.66. The summed E-state index contributed by atoms with van der Waals surface area (Å²) in [5.41, 5.74) is 0.217. The molecular formula is C39H29ClF5N5O4S. The molecule has 2 aromatic heterocycles. The van der Waals surface area contributed by atoms with E-state index >= 15 is 4.39 Å². The van der Waals surface area contributed by atoms with Crippen molar-refractivity contribution in [1.82, 2.24) is 4.98 Å². The molecule has 0 atom stereocenters. The number of carbonyl (C=O) groups is 3. The van der Waals surface area contributed by atoms with E-state index in [4.69, 9.17) is 16.3 Å². The fraction of sp³-hybridized carbons (Fsp3) is 0.231. The molecule has 0 saturated carbocycles. The summed E-state index contributed by atoms with van der Waals surface area (Å²) in [4.78, 5) is 48.2. The zero-order valence-corrected chi connectivity index (χ0v) is 30.2. The van der Waals surface area contributed by atoms with Gasteiger partial charge in [-0.15, -0.1) is 11.3 Å². The van der Waals surface area contributed by atoms with E-state index in [9.17, 15) is 31.9 Å². The van der Waals surface area contributed by atoms with Gasteiger partial charge in [0, 0.05) is 72.7 Å². The summed E-state index contributed by atoms with van der Waals surface area (Å²) in [7, 11) is 0. The number of halogens is 6. The first-order valence-corrected chi connectivity index (χ1v) is 18.4. The molecule has 0 radical (unpaired) electrons. The largest absolute Gasteiger partial charge is 0.381 e. The third kappa shape index (κ3) is 6.80. The van der Waals surface area contributed by atoms with Crippen molar-refractivity contribution in [2.24, 2.45) is 5.41 Å². The molecule has 3 aliphatic heterocycles. The summed E-state index contributed by atoms with van der Waals surface area (Å²) in [6.07, 6.45) is 3.60. The number of hydrogen-bond donors (Lipinski definition) is 2. The Bertz CT molecular complexity index is 2360. The second-order valence-electron chi connectivity index (χ2n) is 13.6. The second kappa shape index (κ2) is 14.4. The second-order valence-corrected chi connectivity index (χ2v) is 15.1. The first kappa shape index (κ1) is 36.6. The Labute approximate surface area is 319 Å². The summed E-state index contributed by atoms with van der Waals surface area (Å²) in [5.74, 6) is -8.27. The van der Waals surface area contributed by atoms with Crippen LogP contribution in [-0.4, -0.2) is 55.6 Å². The molecule has 9 nitrogen and oxygen atoms in total. The van der Waals surface area contributed by atoms with E-state index in [0.29, 0.717) is 28.7 Å². The molecule has 1 spiro atoms. The normalized spacial score (nSPS) is 15.8. The van der Waals surface area contributed by atoms with Gasteiger partial charge in [-0.3, -0.25) is 14.4 Å². The molecule has 3 aromatic carbocycles. The number of nitrogens with one attached hydrogen (secondary N) is 2. The summed E-state index contributed by atoms with van der Waals surface area (Å²) in [6.45, 7) is 2.88. The van der Waals surface area contributed by atoms with Gasteiger partial charge in [0.15, 0.2) is 23.3 Å². The van der Waals surface area contributed by atoms with E-state index in [1.807, 2.05) is 0 Å². The number of carbonyl (C=O) groups excluding carboxylic acids is 3. The minimum atomic E-state index is -1.77. The summed E-state index contributed by atoms with van der Waals surface area (Å²) >= 11 is 6.64. The number of anilines is 4. The number of benzene rings is 3. The third-order valence-corrected chi connectivity index (χ3v) is 11.6. The van der Waals surface area contributed by atoms with Crippen LogP contribution in [0.1, 0.15) is 48.8 Å². The minimum Gasteiger partial charge on any atom is -0.381 e. The lowest BCUT2D eigenvalue weighted by atomic mass is 9.73. The number of thiophene rings is 1. The molecule has 3 amide bonds. The lowest BCUT2D eigenvalue weighted by molar-refractivity contribution is -0.000510. The number of pyridine rings is 1. The van der Waals surface area contributed by atoms with Crippen LogP contribution in [0.25, 0.3) is 10.4 Å². The van der Waals surface area contributed by atoms with E-state index in [0.717, 1.165) is 67.5 Å². The number of rotatable bonds is 6. The molecule has 5 aromatic rings. The zero-order valence-electron chi connectivity index (χ0n) is 28.7. The Morgan fingerprint density at radius 2 is 1.62 bits per heavy atom. The number of hydrogen-bond acceptors (Lipinski definition) is 7. The first-order valence-electron chi connectivity index (χ1n) is 17.2. The van der Waals surface area contributed by atoms with Crippen LogP contribution >= 0.6 is 22.9 Å².